The highest BCUT2D eigenvalue weighted by molar-refractivity contribution is 6.17. The quantitative estimate of drug-likeness (QED) is 0.212. The summed E-state index contributed by atoms with van der Waals surface area (Å²) in [5, 5.41) is 10.6. The third-order valence-corrected chi connectivity index (χ3v) is 8.73. The molecule has 1 aliphatic rings. The van der Waals surface area contributed by atoms with Crippen LogP contribution in [-0.2, 0) is 0 Å². The van der Waals surface area contributed by atoms with Crippen LogP contribution in [0.4, 0.5) is 0 Å². The van der Waals surface area contributed by atoms with E-state index in [9.17, 15) is 0 Å². The highest BCUT2D eigenvalue weighted by Gasteiger charge is 2.25. The highest BCUT2D eigenvalue weighted by atomic mass is 16.3. The fourth-order valence-electron chi connectivity index (χ4n) is 6.55. The van der Waals surface area contributed by atoms with Crippen LogP contribution >= 0.6 is 0 Å². The largest absolute Gasteiger partial charge is 0.455 e. The van der Waals surface area contributed by atoms with Gasteiger partial charge >= 0.3 is 0 Å². The Morgan fingerprint density at radius 2 is 1.11 bits per heavy atom. The molecule has 1 aromatic heterocycles. The molecule has 0 bridgehead atoms. The number of rotatable bonds is 4. The Labute approximate surface area is 260 Å². The molecule has 0 saturated carbocycles. The van der Waals surface area contributed by atoms with Gasteiger partial charge in [-0.2, -0.15) is 0 Å². The minimum atomic E-state index is -0.461. The third kappa shape index (κ3) is 4.30. The van der Waals surface area contributed by atoms with E-state index in [0.717, 1.165) is 61.4 Å². The summed E-state index contributed by atoms with van der Waals surface area (Å²) in [7, 11) is 0. The molecule has 45 heavy (non-hydrogen) atoms. The van der Waals surface area contributed by atoms with Crippen molar-refractivity contribution in [1.29, 1.82) is 0 Å². The monoisotopic (exact) mass is 577 g/mol. The Morgan fingerprint density at radius 3 is 1.87 bits per heavy atom. The Bertz CT molecular complexity index is 2400. The zero-order valence-electron chi connectivity index (χ0n) is 24.3. The van der Waals surface area contributed by atoms with E-state index < -0.39 is 6.17 Å². The molecular formula is C41H27N3O. The lowest BCUT2D eigenvalue weighted by Gasteiger charge is -2.23. The molecule has 0 unspecified atom stereocenters. The maximum atomic E-state index is 6.66. The van der Waals surface area contributed by atoms with Crippen molar-refractivity contribution in [1.82, 2.24) is 5.32 Å². The number of nitrogens with zero attached hydrogens (tertiary/aromatic N) is 2. The van der Waals surface area contributed by atoms with Crippen LogP contribution in [0.25, 0.3) is 54.6 Å². The van der Waals surface area contributed by atoms with Gasteiger partial charge in [-0.25, -0.2) is 9.98 Å². The van der Waals surface area contributed by atoms with Crippen LogP contribution in [0.5, 0.6) is 0 Å². The van der Waals surface area contributed by atoms with E-state index in [0.29, 0.717) is 0 Å². The van der Waals surface area contributed by atoms with Gasteiger partial charge in [0.2, 0.25) is 0 Å². The molecule has 0 fully saturated rings. The van der Waals surface area contributed by atoms with Crippen LogP contribution < -0.4 is 5.32 Å². The Hall–Kier alpha value is -6.00. The average Bonchev–Trinajstić information content (AvgIpc) is 3.51. The van der Waals surface area contributed by atoms with Gasteiger partial charge in [-0.05, 0) is 39.2 Å². The molecule has 4 heteroatoms. The first-order chi connectivity index (χ1) is 22.3. The number of furan rings is 1. The van der Waals surface area contributed by atoms with Gasteiger partial charge in [-0.3, -0.25) is 0 Å². The van der Waals surface area contributed by atoms with Crippen molar-refractivity contribution < 1.29 is 4.42 Å². The summed E-state index contributed by atoms with van der Waals surface area (Å²) < 4.78 is 6.66. The van der Waals surface area contributed by atoms with Crippen molar-refractivity contribution >= 4 is 55.2 Å². The standard InChI is InChI=1S/C41H27N3O/c1-3-12-27(13-4-1)39-42-40(28-14-5-2-6-15-28)44-41(43-39)35-24-23-33(38-37(35)34-17-9-10-18-36(34)45-38)30-21-22-32-29(25-30)20-19-26-11-7-8-16-31(26)32/h1-25,41H,(H,42,43,44). The summed E-state index contributed by atoms with van der Waals surface area (Å²) in [6.07, 6.45) is -0.461. The van der Waals surface area contributed by atoms with Crippen LogP contribution in [0, 0.1) is 0 Å². The number of aliphatic imine (C=N–C) groups is 2. The zero-order valence-corrected chi connectivity index (χ0v) is 24.3. The maximum Gasteiger partial charge on any atom is 0.170 e. The molecule has 1 aliphatic heterocycles. The molecule has 212 valence electrons. The third-order valence-electron chi connectivity index (χ3n) is 8.73. The van der Waals surface area contributed by atoms with E-state index in [4.69, 9.17) is 14.4 Å². The molecule has 0 spiro atoms. The van der Waals surface area contributed by atoms with Crippen molar-refractivity contribution in [2.45, 2.75) is 6.17 Å². The number of amidine groups is 2. The van der Waals surface area contributed by atoms with E-state index in [1.807, 2.05) is 48.5 Å². The van der Waals surface area contributed by atoms with Crippen molar-refractivity contribution in [2.75, 3.05) is 0 Å². The molecule has 4 nitrogen and oxygen atoms in total. The number of nitrogens with one attached hydrogen (secondary N) is 1. The van der Waals surface area contributed by atoms with Crippen LogP contribution in [0.1, 0.15) is 22.9 Å². The molecule has 0 amide bonds. The first kappa shape index (κ1) is 25.5. The first-order valence-electron chi connectivity index (χ1n) is 15.2. The van der Waals surface area contributed by atoms with Gasteiger partial charge in [0.1, 0.15) is 22.8 Å². The van der Waals surface area contributed by atoms with E-state index >= 15 is 0 Å². The maximum absolute atomic E-state index is 6.66. The van der Waals surface area contributed by atoms with Gasteiger partial charge in [0.25, 0.3) is 0 Å². The van der Waals surface area contributed by atoms with Gasteiger partial charge < -0.3 is 9.73 Å². The lowest BCUT2D eigenvalue weighted by molar-refractivity contribution is 0.668. The van der Waals surface area contributed by atoms with Crippen molar-refractivity contribution in [3.8, 4) is 11.1 Å². The van der Waals surface area contributed by atoms with Crippen molar-refractivity contribution in [2.24, 2.45) is 9.98 Å². The predicted octanol–water partition coefficient (Wildman–Crippen LogP) is 10.1. The predicted molar refractivity (Wildman–Crippen MR) is 186 cm³/mol. The summed E-state index contributed by atoms with van der Waals surface area (Å²) in [4.78, 5) is 10.4. The molecular weight excluding hydrogens is 550 g/mol. The average molecular weight is 578 g/mol. The van der Waals surface area contributed by atoms with Crippen LogP contribution in [0.2, 0.25) is 0 Å². The molecule has 0 saturated heterocycles. The van der Waals surface area contributed by atoms with E-state index in [1.165, 1.54) is 21.5 Å². The molecule has 9 rings (SSSR count). The summed E-state index contributed by atoms with van der Waals surface area (Å²) >= 11 is 0. The SMILES string of the molecule is c1ccc(C2=NC(c3ccc(-c4ccc5c(ccc6ccccc65)c4)c4oc5ccccc5c34)N=C(c3ccccc3)N2)cc1. The molecule has 7 aromatic carbocycles. The topological polar surface area (TPSA) is 49.9 Å². The zero-order chi connectivity index (χ0) is 29.7. The molecule has 1 N–H and O–H groups in total. The van der Waals surface area contributed by atoms with Gasteiger partial charge in [-0.15, -0.1) is 0 Å². The second-order valence-corrected chi connectivity index (χ2v) is 11.4. The fourth-order valence-corrected chi connectivity index (χ4v) is 6.55. The van der Waals surface area contributed by atoms with Crippen LogP contribution in [0.3, 0.4) is 0 Å². The number of hydrogen-bond donors (Lipinski definition) is 1. The lowest BCUT2D eigenvalue weighted by atomic mass is 9.94. The summed E-state index contributed by atoms with van der Waals surface area (Å²) in [5.41, 5.74) is 6.89. The van der Waals surface area contributed by atoms with Crippen LogP contribution in [0.15, 0.2) is 166 Å². The minimum Gasteiger partial charge on any atom is -0.455 e. The molecule has 0 atom stereocenters. The van der Waals surface area contributed by atoms with E-state index in [-0.39, 0.29) is 0 Å². The van der Waals surface area contributed by atoms with Gasteiger partial charge in [0.15, 0.2) is 6.17 Å². The van der Waals surface area contributed by atoms with E-state index in [1.54, 1.807) is 0 Å². The minimum absolute atomic E-state index is 0.461. The van der Waals surface area contributed by atoms with Gasteiger partial charge in [0, 0.05) is 33.0 Å². The second-order valence-electron chi connectivity index (χ2n) is 11.4. The fraction of sp³-hybridized carbons (Fsp3) is 0.0244. The van der Waals surface area contributed by atoms with Gasteiger partial charge in [-0.1, -0.05) is 140 Å². The lowest BCUT2D eigenvalue weighted by Crippen LogP contribution is -2.36. The van der Waals surface area contributed by atoms with Crippen molar-refractivity contribution in [3.63, 3.8) is 0 Å². The molecule has 0 aliphatic carbocycles. The highest BCUT2D eigenvalue weighted by Crippen LogP contribution is 2.42. The second kappa shape index (κ2) is 10.3. The van der Waals surface area contributed by atoms with Crippen molar-refractivity contribution in [3.05, 3.63) is 168 Å². The Balaban J connectivity index is 1.26. The smallest absolute Gasteiger partial charge is 0.170 e. The van der Waals surface area contributed by atoms with Gasteiger partial charge in [0.05, 0.1) is 0 Å². The number of benzene rings is 7. The Kier molecular flexibility index (Phi) is 5.85. The summed E-state index contributed by atoms with van der Waals surface area (Å²) in [6, 6.07) is 52.7. The molecule has 2 heterocycles. The normalized spacial score (nSPS) is 13.7. The summed E-state index contributed by atoms with van der Waals surface area (Å²) in [5.74, 6) is 1.59. The number of hydrogen-bond acceptors (Lipinski definition) is 4. The molecule has 0 radical (unpaired) electrons. The number of fused-ring (bicyclic) bond motifs is 6. The van der Waals surface area contributed by atoms with Crippen LogP contribution in [-0.4, -0.2) is 11.7 Å². The Morgan fingerprint density at radius 1 is 0.489 bits per heavy atom. The summed E-state index contributed by atoms with van der Waals surface area (Å²) in [6.45, 7) is 0. The number of para-hydroxylation sites is 1. The first-order valence-corrected chi connectivity index (χ1v) is 15.2. The van der Waals surface area contributed by atoms with E-state index in [2.05, 4.69) is 108 Å². The molecule has 8 aromatic rings.